The summed E-state index contributed by atoms with van der Waals surface area (Å²) in [5, 5.41) is 0. The van der Waals surface area contributed by atoms with Crippen molar-refractivity contribution in [3.8, 4) is 44.5 Å². The van der Waals surface area contributed by atoms with Gasteiger partial charge in [-0.1, -0.05) is 0 Å². The van der Waals surface area contributed by atoms with Crippen molar-refractivity contribution in [2.45, 2.75) is 63.5 Å². The van der Waals surface area contributed by atoms with Crippen molar-refractivity contribution in [1.82, 2.24) is 0 Å². The SMILES string of the molecule is C[SiH2][Zr]([Cl])([Cl])([CH2][CH2][Zr]([Cl])([Cl])([SiH2]C)([CH]1C(C)=Cc2c(-c3ccccc3)cccc21)[CH]1C(C)=Cc2c(-c3ccccc3)cccc21)([CH]1C(C)=Cc2c(-c3ccccc3)cccc21)[CH]1C(C)=Cc2c(-c3ccccc3)cccc21. The summed E-state index contributed by atoms with van der Waals surface area (Å²) >= 11 is -12.7. The summed E-state index contributed by atoms with van der Waals surface area (Å²) in [5.41, 5.74) is 24.7. The molecule has 76 heavy (non-hydrogen) atoms. The van der Waals surface area contributed by atoms with Gasteiger partial charge in [0.1, 0.15) is 0 Å². The molecule has 4 unspecified atom stereocenters. The monoisotopic (exact) mass is 1260 g/mol. The summed E-state index contributed by atoms with van der Waals surface area (Å²) < 4.78 is 0.490. The summed E-state index contributed by atoms with van der Waals surface area (Å²) in [6.45, 7) is 11.6. The Labute approximate surface area is 463 Å². The molecular formula is C68H66Cl4Si2Zr2. The van der Waals surface area contributed by atoms with Crippen molar-refractivity contribution in [1.29, 1.82) is 0 Å². The predicted octanol–water partition coefficient (Wildman–Crippen LogP) is 20.5. The van der Waals surface area contributed by atoms with E-state index in [-0.39, 0.29) is 14.5 Å². The Morgan fingerprint density at radius 3 is 0.711 bits per heavy atom. The Morgan fingerprint density at radius 1 is 0.303 bits per heavy atom. The van der Waals surface area contributed by atoms with Gasteiger partial charge in [0, 0.05) is 0 Å². The maximum absolute atomic E-state index is 9.93. The Hall–Kier alpha value is -3.92. The van der Waals surface area contributed by atoms with E-state index >= 15 is 0 Å². The van der Waals surface area contributed by atoms with Crippen LogP contribution in [0.15, 0.2) is 216 Å². The fourth-order valence-corrected chi connectivity index (χ4v) is 139. The molecule has 4 atom stereocenters. The van der Waals surface area contributed by atoms with Crippen LogP contribution in [-0.2, 0) is 28.1 Å². The Kier molecular flexibility index (Phi) is 12.7. The number of hydrogen-bond acceptors (Lipinski definition) is 0. The van der Waals surface area contributed by atoms with Crippen LogP contribution in [0, 0.1) is 0 Å². The van der Waals surface area contributed by atoms with Gasteiger partial charge in [-0.25, -0.2) is 0 Å². The minimum absolute atomic E-state index is 0.185. The van der Waals surface area contributed by atoms with Gasteiger partial charge in [-0.3, -0.25) is 0 Å². The molecule has 0 aliphatic heterocycles. The third-order valence-corrected chi connectivity index (χ3v) is 132. The van der Waals surface area contributed by atoms with Crippen LogP contribution in [0.3, 0.4) is 0 Å². The summed E-state index contributed by atoms with van der Waals surface area (Å²) in [5.74, 6) is 0. The van der Waals surface area contributed by atoms with Gasteiger partial charge < -0.3 is 0 Å². The van der Waals surface area contributed by atoms with Crippen LogP contribution in [0.25, 0.3) is 68.8 Å². The zero-order valence-electron chi connectivity index (χ0n) is 44.4. The number of hydrogen-bond donors (Lipinski definition) is 0. The maximum atomic E-state index is 9.93. The van der Waals surface area contributed by atoms with Crippen LogP contribution in [0.4, 0.5) is 0 Å². The van der Waals surface area contributed by atoms with Gasteiger partial charge in [0.25, 0.3) is 0 Å². The van der Waals surface area contributed by atoms with Crippen LogP contribution in [-0.4, -0.2) is 13.3 Å². The van der Waals surface area contributed by atoms with Gasteiger partial charge in [-0.05, 0) is 0 Å². The average Bonchev–Trinajstić information content (AvgIpc) is 4.25. The van der Waals surface area contributed by atoms with E-state index in [1.165, 1.54) is 111 Å². The quantitative estimate of drug-likeness (QED) is 0.101. The first-order valence-electron chi connectivity index (χ1n) is 27.5. The zero-order chi connectivity index (χ0) is 53.0. The number of benzene rings is 8. The fraction of sp³-hybridized carbons (Fsp3) is 0.176. The first kappa shape index (κ1) is 52.8. The number of allylic oxidation sites excluding steroid dienone is 4. The Balaban J connectivity index is 1.15. The van der Waals surface area contributed by atoms with E-state index in [0.717, 1.165) is 0 Å². The van der Waals surface area contributed by atoms with E-state index in [1.54, 1.807) is 0 Å². The predicted molar refractivity (Wildman–Crippen MR) is 335 cm³/mol. The van der Waals surface area contributed by atoms with Gasteiger partial charge in [-0.2, -0.15) is 0 Å². The molecule has 0 saturated carbocycles. The second kappa shape index (κ2) is 18.3. The van der Waals surface area contributed by atoms with E-state index in [0.29, 0.717) is 8.26 Å². The molecule has 0 N–H and O–H groups in total. The van der Waals surface area contributed by atoms with Crippen molar-refractivity contribution in [3.63, 3.8) is 0 Å². The van der Waals surface area contributed by atoms with Crippen LogP contribution >= 0.6 is 34.1 Å². The average molecular weight is 1260 g/mol. The number of fused-ring (bicyclic) bond motifs is 4. The molecule has 0 saturated heterocycles. The molecule has 0 aromatic heterocycles. The Morgan fingerprint density at radius 2 is 0.513 bits per heavy atom. The van der Waals surface area contributed by atoms with Crippen LogP contribution < -0.4 is 0 Å². The third-order valence-electron chi connectivity index (χ3n) is 19.9. The molecule has 0 bridgehead atoms. The summed E-state index contributed by atoms with van der Waals surface area (Å²) in [7, 11) is 39.7. The zero-order valence-corrected chi connectivity index (χ0v) is 55.2. The van der Waals surface area contributed by atoms with E-state index in [9.17, 15) is 34.1 Å². The summed E-state index contributed by atoms with van der Waals surface area (Å²) in [6.07, 6.45) is 9.81. The van der Waals surface area contributed by atoms with Gasteiger partial charge in [0.2, 0.25) is 0 Å². The molecule has 0 amide bonds. The fourth-order valence-electron chi connectivity index (χ4n) is 16.6. The molecule has 8 heteroatoms. The first-order chi connectivity index (χ1) is 36.4. The molecule has 0 radical (unpaired) electrons. The number of rotatable bonds is 13. The van der Waals surface area contributed by atoms with Crippen LogP contribution in [0.5, 0.6) is 0 Å². The molecule has 12 rings (SSSR count). The second-order valence-electron chi connectivity index (χ2n) is 23.7. The molecule has 382 valence electrons. The summed E-state index contributed by atoms with van der Waals surface area (Å²) in [6, 6.07) is 71.0. The number of halogens is 4. The molecule has 4 aliphatic rings. The first-order valence-corrected chi connectivity index (χ1v) is 64.0. The Bertz CT molecular complexity index is 3360. The van der Waals surface area contributed by atoms with Crippen molar-refractivity contribution >= 4 is 71.6 Å². The van der Waals surface area contributed by atoms with Crippen molar-refractivity contribution in [2.75, 3.05) is 0 Å². The molecule has 0 spiro atoms. The summed E-state index contributed by atoms with van der Waals surface area (Å²) in [4.78, 5) is 0. The van der Waals surface area contributed by atoms with E-state index in [1.807, 2.05) is 0 Å². The van der Waals surface area contributed by atoms with E-state index in [4.69, 9.17) is 0 Å². The molecule has 4 aliphatic carbocycles. The molecule has 0 fully saturated rings. The van der Waals surface area contributed by atoms with Crippen molar-refractivity contribution in [3.05, 3.63) is 261 Å². The van der Waals surface area contributed by atoms with Crippen LogP contribution in [0.2, 0.25) is 21.4 Å². The van der Waals surface area contributed by atoms with Gasteiger partial charge in [0.15, 0.2) is 0 Å². The second-order valence-corrected chi connectivity index (χ2v) is 130. The molecule has 8 aromatic rings. The molecular weight excluding hydrogens is 1200 g/mol. The molecule has 8 aromatic carbocycles. The minimum atomic E-state index is -6.35. The molecule has 0 nitrogen and oxygen atoms in total. The normalized spacial score (nSPS) is 20.7. The van der Waals surface area contributed by atoms with Crippen molar-refractivity contribution in [2.24, 2.45) is 0 Å². The van der Waals surface area contributed by atoms with E-state index in [2.05, 4.69) is 259 Å². The third kappa shape index (κ3) is 7.65. The topological polar surface area (TPSA) is 0 Å². The van der Waals surface area contributed by atoms with Crippen LogP contribution in [0.1, 0.15) is 86.7 Å². The van der Waals surface area contributed by atoms with Gasteiger partial charge in [0.05, 0.1) is 0 Å². The van der Waals surface area contributed by atoms with Gasteiger partial charge >= 0.3 is 469 Å². The van der Waals surface area contributed by atoms with E-state index < -0.39 is 41.4 Å². The standard InChI is InChI=1S/4C16H13.C2H4.2CH5Si.4ClH.2Zr/c4*1-12-10-14-8-5-9-15(16(14)11-12)13-6-3-2-4-7-13;3*1-2;;;;;;/h4*2-11H,1H3;1-2H2;2*2H2,1H3;4*1H;;/q;;;;;;;;;;;2*+2/p-4. The van der Waals surface area contributed by atoms with Crippen molar-refractivity contribution < 1.29 is 28.1 Å². The molecule has 0 heterocycles. The van der Waals surface area contributed by atoms with Gasteiger partial charge in [-0.15, -0.1) is 0 Å².